The third kappa shape index (κ3) is 3.82. The van der Waals surface area contributed by atoms with Crippen LogP contribution in [0.4, 0.5) is 5.69 Å². The Balaban J connectivity index is 1.64. The van der Waals surface area contributed by atoms with Crippen molar-refractivity contribution in [2.24, 2.45) is 0 Å². The van der Waals surface area contributed by atoms with E-state index in [1.54, 1.807) is 24.3 Å². The van der Waals surface area contributed by atoms with Crippen LogP contribution in [0.25, 0.3) is 0 Å². The third-order valence-electron chi connectivity index (χ3n) is 5.11. The quantitative estimate of drug-likeness (QED) is 0.542. The van der Waals surface area contributed by atoms with Crippen molar-refractivity contribution in [3.8, 4) is 0 Å². The van der Waals surface area contributed by atoms with E-state index in [0.717, 1.165) is 26.2 Å². The number of hydrogen-bond acceptors (Lipinski definition) is 7. The summed E-state index contributed by atoms with van der Waals surface area (Å²) in [7, 11) is 2.07. The summed E-state index contributed by atoms with van der Waals surface area (Å²) in [5.41, 5.74) is 1.13. The molecular weight excluding hydrogens is 394 g/mol. The summed E-state index contributed by atoms with van der Waals surface area (Å²) < 4.78 is 0.693. The molecule has 0 unspecified atom stereocenters. The molecule has 8 heteroatoms. The van der Waals surface area contributed by atoms with Gasteiger partial charge in [0.25, 0.3) is 0 Å². The highest BCUT2D eigenvalue weighted by Gasteiger charge is 2.35. The summed E-state index contributed by atoms with van der Waals surface area (Å²) >= 11 is 2.77. The van der Waals surface area contributed by atoms with Gasteiger partial charge < -0.3 is 9.80 Å². The molecule has 0 spiro atoms. The molecule has 1 aromatic rings. The van der Waals surface area contributed by atoms with Gasteiger partial charge in [-0.25, -0.2) is 0 Å². The number of thioether (sulfide) groups is 2. The fourth-order valence-corrected chi connectivity index (χ4v) is 5.40. The largest absolute Gasteiger partial charge is 0.304 e. The second-order valence-corrected chi connectivity index (χ2v) is 9.09. The van der Waals surface area contributed by atoms with E-state index < -0.39 is 0 Å². The normalized spacial score (nSPS) is 21.2. The van der Waals surface area contributed by atoms with E-state index in [1.165, 1.54) is 28.4 Å². The molecule has 0 N–H and O–H groups in total. The number of hydrogen-bond donors (Lipinski definition) is 0. The summed E-state index contributed by atoms with van der Waals surface area (Å²) in [5, 5.41) is 3.72. The maximum atomic E-state index is 13.1. The summed E-state index contributed by atoms with van der Waals surface area (Å²) in [4.78, 5) is 45.1. The van der Waals surface area contributed by atoms with Crippen LogP contribution in [-0.2, 0) is 9.59 Å². The highest BCUT2D eigenvalue weighted by atomic mass is 32.2. The molecule has 0 saturated carbocycles. The van der Waals surface area contributed by atoms with E-state index in [-0.39, 0.29) is 36.1 Å². The van der Waals surface area contributed by atoms with Crippen molar-refractivity contribution >= 4 is 46.7 Å². The molecular formula is C20H21N3O3S2. The Kier molecular flexibility index (Phi) is 5.73. The molecule has 0 aromatic heterocycles. The van der Waals surface area contributed by atoms with Crippen molar-refractivity contribution in [1.29, 1.82) is 0 Å². The molecule has 0 atom stereocenters. The second-order valence-electron chi connectivity index (χ2n) is 7.00. The number of anilines is 1. The first kappa shape index (κ1) is 19.4. The van der Waals surface area contributed by atoms with Crippen molar-refractivity contribution in [3.63, 3.8) is 0 Å². The van der Waals surface area contributed by atoms with Gasteiger partial charge in [0, 0.05) is 31.7 Å². The Hall–Kier alpha value is -1.87. The van der Waals surface area contributed by atoms with E-state index in [2.05, 4.69) is 16.8 Å². The van der Waals surface area contributed by atoms with Gasteiger partial charge in [-0.2, -0.15) is 0 Å². The van der Waals surface area contributed by atoms with Crippen LogP contribution in [0.3, 0.4) is 0 Å². The lowest BCUT2D eigenvalue weighted by molar-refractivity contribution is -0.122. The number of amides is 1. The predicted octanol–water partition coefficient (Wildman–Crippen LogP) is 2.20. The number of ketones is 2. The van der Waals surface area contributed by atoms with Gasteiger partial charge in [0.05, 0.1) is 28.6 Å². The molecule has 1 aromatic carbocycles. The lowest BCUT2D eigenvalue weighted by atomic mass is 10.0. The lowest BCUT2D eigenvalue weighted by Gasteiger charge is -2.33. The fraction of sp³-hybridized carbons (Fsp3) is 0.350. The van der Waals surface area contributed by atoms with Crippen molar-refractivity contribution in [1.82, 2.24) is 9.80 Å². The molecule has 1 saturated heterocycles. The molecule has 1 fully saturated rings. The van der Waals surface area contributed by atoms with Crippen molar-refractivity contribution in [2.45, 2.75) is 0 Å². The molecule has 3 heterocycles. The number of rotatable bonds is 2. The van der Waals surface area contributed by atoms with Gasteiger partial charge in [0.2, 0.25) is 5.91 Å². The van der Waals surface area contributed by atoms with Crippen LogP contribution in [0.1, 0.15) is 10.4 Å². The van der Waals surface area contributed by atoms with Gasteiger partial charge in [0.1, 0.15) is 0 Å². The summed E-state index contributed by atoms with van der Waals surface area (Å²) in [6.45, 7) is 3.62. The third-order valence-corrected chi connectivity index (χ3v) is 7.24. The number of piperazine rings is 1. The van der Waals surface area contributed by atoms with Gasteiger partial charge in [-0.1, -0.05) is 35.7 Å². The molecule has 28 heavy (non-hydrogen) atoms. The average Bonchev–Trinajstić information content (AvgIpc) is 3.18. The Morgan fingerprint density at radius 1 is 1.04 bits per heavy atom. The minimum Gasteiger partial charge on any atom is -0.304 e. The minimum absolute atomic E-state index is 0.102. The monoisotopic (exact) mass is 415 g/mol. The Bertz CT molecular complexity index is 878. The zero-order valence-corrected chi connectivity index (χ0v) is 17.2. The zero-order valence-electron chi connectivity index (χ0n) is 15.6. The van der Waals surface area contributed by atoms with E-state index in [9.17, 15) is 14.4 Å². The minimum atomic E-state index is -0.299. The van der Waals surface area contributed by atoms with Crippen LogP contribution < -0.4 is 4.90 Å². The molecule has 0 aliphatic carbocycles. The molecule has 6 nitrogen and oxygen atoms in total. The second kappa shape index (κ2) is 8.24. The van der Waals surface area contributed by atoms with Crippen LogP contribution in [0.5, 0.6) is 0 Å². The number of benzene rings is 1. The number of fused-ring (bicyclic) bond motifs is 1. The number of para-hydroxylation sites is 1. The maximum Gasteiger partial charge on any atom is 0.241 e. The smallest absolute Gasteiger partial charge is 0.241 e. The number of carbonyl (C=O) groups excluding carboxylic acids is 3. The van der Waals surface area contributed by atoms with E-state index in [1.807, 2.05) is 10.8 Å². The number of nitrogens with zero attached hydrogens (tertiary/aromatic N) is 3. The van der Waals surface area contributed by atoms with Crippen LogP contribution in [0, 0.1) is 0 Å². The number of likely N-dealkylation sites (N-methyl/N-ethyl adjacent to an activating group) is 1. The van der Waals surface area contributed by atoms with Crippen LogP contribution >= 0.6 is 23.5 Å². The topological polar surface area (TPSA) is 60.9 Å². The lowest BCUT2D eigenvalue weighted by Crippen LogP contribution is -2.49. The van der Waals surface area contributed by atoms with Crippen molar-refractivity contribution < 1.29 is 14.4 Å². The molecule has 4 rings (SSSR count). The maximum absolute atomic E-state index is 13.1. The summed E-state index contributed by atoms with van der Waals surface area (Å²) in [6.07, 6.45) is 0. The molecule has 1 amide bonds. The molecule has 146 valence electrons. The van der Waals surface area contributed by atoms with Crippen LogP contribution in [0.2, 0.25) is 0 Å². The van der Waals surface area contributed by atoms with Gasteiger partial charge in [0.15, 0.2) is 11.6 Å². The van der Waals surface area contributed by atoms with Crippen LogP contribution in [-0.4, -0.2) is 73.6 Å². The average molecular weight is 416 g/mol. The fourth-order valence-electron chi connectivity index (χ4n) is 3.51. The highest BCUT2D eigenvalue weighted by Crippen LogP contribution is 2.42. The van der Waals surface area contributed by atoms with E-state index >= 15 is 0 Å². The van der Waals surface area contributed by atoms with Crippen molar-refractivity contribution in [3.05, 3.63) is 50.5 Å². The Morgan fingerprint density at radius 2 is 1.71 bits per heavy atom. The number of Topliss-reactive ketones (excluding diaryl/α,β-unsaturated/α-hetero) is 2. The first-order valence-electron chi connectivity index (χ1n) is 9.15. The van der Waals surface area contributed by atoms with Crippen molar-refractivity contribution in [2.75, 3.05) is 51.2 Å². The highest BCUT2D eigenvalue weighted by molar-refractivity contribution is 8.27. The van der Waals surface area contributed by atoms with Gasteiger partial charge >= 0.3 is 0 Å². The zero-order chi connectivity index (χ0) is 19.7. The molecule has 0 bridgehead atoms. The first-order valence-corrected chi connectivity index (χ1v) is 10.9. The molecule has 3 aliphatic heterocycles. The first-order chi connectivity index (χ1) is 13.5. The SMILES string of the molecule is CN1CCN(CC(=O)N2CC(=O)C(=C3SC=CS3)C(=O)c3ccccc32)CC1. The standard InChI is InChI=1S/C20H21N3O3S2/c1-21-6-8-22(9-7-21)13-17(25)23-12-16(24)18(20-27-10-11-28-20)19(26)14-4-2-3-5-15(14)23/h2-5,10-11H,6-9,12-13H2,1H3. The molecule has 0 radical (unpaired) electrons. The van der Waals surface area contributed by atoms with Gasteiger partial charge in [-0.15, -0.1) is 0 Å². The van der Waals surface area contributed by atoms with Gasteiger partial charge in [-0.05, 0) is 30.0 Å². The Morgan fingerprint density at radius 3 is 2.43 bits per heavy atom. The van der Waals surface area contributed by atoms with Gasteiger partial charge in [-0.3, -0.25) is 19.3 Å². The number of carbonyl (C=O) groups is 3. The summed E-state index contributed by atoms with van der Waals surface area (Å²) in [6, 6.07) is 7.02. The van der Waals surface area contributed by atoms with E-state index in [4.69, 9.17) is 0 Å². The van der Waals surface area contributed by atoms with Crippen LogP contribution in [0.15, 0.2) is 44.9 Å². The Labute approximate surface area is 172 Å². The predicted molar refractivity (Wildman–Crippen MR) is 113 cm³/mol. The summed E-state index contributed by atoms with van der Waals surface area (Å²) in [5.74, 6) is -0.741. The molecule has 3 aliphatic rings. The van der Waals surface area contributed by atoms with E-state index in [0.29, 0.717) is 15.5 Å².